The number of benzene rings is 1. The van der Waals surface area contributed by atoms with E-state index >= 15 is 0 Å². The Morgan fingerprint density at radius 2 is 2.00 bits per heavy atom. The van der Waals surface area contributed by atoms with Crippen molar-refractivity contribution in [2.24, 2.45) is 0 Å². The van der Waals surface area contributed by atoms with Crippen LogP contribution in [0.15, 0.2) is 42.6 Å². The van der Waals surface area contributed by atoms with Gasteiger partial charge in [0.15, 0.2) is 0 Å². The summed E-state index contributed by atoms with van der Waals surface area (Å²) in [5.74, 6) is -1.03. The third kappa shape index (κ3) is 3.22. The Morgan fingerprint density at radius 1 is 1.21 bits per heavy atom. The van der Waals surface area contributed by atoms with Gasteiger partial charge in [0, 0.05) is 25.5 Å². The van der Waals surface area contributed by atoms with Gasteiger partial charge in [0.25, 0.3) is 0 Å². The van der Waals surface area contributed by atoms with E-state index in [2.05, 4.69) is 10.3 Å². The van der Waals surface area contributed by atoms with Crippen LogP contribution in [0, 0.1) is 0 Å². The second-order valence-corrected chi connectivity index (χ2v) is 4.31. The van der Waals surface area contributed by atoms with Crippen molar-refractivity contribution < 1.29 is 9.90 Å². The van der Waals surface area contributed by atoms with Gasteiger partial charge in [-0.05, 0) is 30.3 Å². The summed E-state index contributed by atoms with van der Waals surface area (Å²) in [6, 6.07) is 11.1. The van der Waals surface area contributed by atoms with Gasteiger partial charge in [0.1, 0.15) is 5.69 Å². The summed E-state index contributed by atoms with van der Waals surface area (Å²) in [5.41, 5.74) is 2.80. The molecule has 1 aromatic carbocycles. The largest absolute Gasteiger partial charge is 0.477 e. The smallest absolute Gasteiger partial charge is 0.354 e. The Bertz CT molecular complexity index is 579. The first-order valence-corrected chi connectivity index (χ1v) is 5.80. The molecule has 0 amide bonds. The van der Waals surface area contributed by atoms with E-state index in [-0.39, 0.29) is 5.69 Å². The van der Waals surface area contributed by atoms with Gasteiger partial charge in [-0.25, -0.2) is 9.78 Å². The number of carboxylic acid groups (broad SMARTS) is 1. The molecule has 0 unspecified atom stereocenters. The molecule has 5 heteroatoms. The van der Waals surface area contributed by atoms with Gasteiger partial charge in [-0.15, -0.1) is 0 Å². The van der Waals surface area contributed by atoms with Crippen LogP contribution >= 0.6 is 0 Å². The molecule has 0 saturated heterocycles. The van der Waals surface area contributed by atoms with Gasteiger partial charge in [-0.3, -0.25) is 0 Å². The van der Waals surface area contributed by atoms with E-state index in [9.17, 15) is 4.79 Å². The van der Waals surface area contributed by atoms with Crippen molar-refractivity contribution in [1.29, 1.82) is 0 Å². The summed E-state index contributed by atoms with van der Waals surface area (Å²) in [6.45, 7) is 0. The lowest BCUT2D eigenvalue weighted by Crippen LogP contribution is -2.08. The van der Waals surface area contributed by atoms with Gasteiger partial charge in [0.2, 0.25) is 0 Å². The van der Waals surface area contributed by atoms with Crippen molar-refractivity contribution in [2.75, 3.05) is 24.3 Å². The molecule has 0 aliphatic heterocycles. The number of nitrogens with zero attached hydrogens (tertiary/aromatic N) is 2. The van der Waals surface area contributed by atoms with E-state index in [1.54, 1.807) is 6.07 Å². The molecule has 0 aliphatic carbocycles. The zero-order valence-electron chi connectivity index (χ0n) is 10.8. The van der Waals surface area contributed by atoms with Crippen molar-refractivity contribution >= 4 is 23.0 Å². The zero-order chi connectivity index (χ0) is 13.8. The second kappa shape index (κ2) is 5.39. The van der Waals surface area contributed by atoms with Gasteiger partial charge in [0.05, 0.1) is 11.9 Å². The van der Waals surface area contributed by atoms with Crippen LogP contribution in [0.2, 0.25) is 0 Å². The Morgan fingerprint density at radius 3 is 2.58 bits per heavy atom. The number of hydrogen-bond acceptors (Lipinski definition) is 4. The standard InChI is InChI=1S/C14H15N3O2/c1-17(2)12-5-3-4-10(8-12)16-11-6-7-13(14(18)19)15-9-11/h3-9,16H,1-2H3,(H,18,19). The lowest BCUT2D eigenvalue weighted by atomic mass is 10.2. The molecule has 0 fully saturated rings. The highest BCUT2D eigenvalue weighted by Gasteiger charge is 2.04. The van der Waals surface area contributed by atoms with Crippen molar-refractivity contribution in [1.82, 2.24) is 4.98 Å². The molecule has 0 aliphatic rings. The summed E-state index contributed by atoms with van der Waals surface area (Å²) in [4.78, 5) is 16.6. The molecule has 0 saturated carbocycles. The van der Waals surface area contributed by atoms with Gasteiger partial charge in [-0.2, -0.15) is 0 Å². The molecule has 19 heavy (non-hydrogen) atoms. The molecule has 5 nitrogen and oxygen atoms in total. The highest BCUT2D eigenvalue weighted by atomic mass is 16.4. The minimum atomic E-state index is -1.03. The maximum Gasteiger partial charge on any atom is 0.354 e. The first kappa shape index (κ1) is 12.9. The molecule has 2 rings (SSSR count). The van der Waals surface area contributed by atoms with Gasteiger partial charge >= 0.3 is 5.97 Å². The summed E-state index contributed by atoms with van der Waals surface area (Å²) >= 11 is 0. The number of carbonyl (C=O) groups is 1. The average Bonchev–Trinajstić information content (AvgIpc) is 2.39. The van der Waals surface area contributed by atoms with Crippen molar-refractivity contribution in [3.63, 3.8) is 0 Å². The number of anilines is 3. The fourth-order valence-electron chi connectivity index (χ4n) is 1.62. The van der Waals surface area contributed by atoms with E-state index in [4.69, 9.17) is 5.11 Å². The van der Waals surface area contributed by atoms with Crippen molar-refractivity contribution in [3.8, 4) is 0 Å². The van der Waals surface area contributed by atoms with Crippen LogP contribution in [0.1, 0.15) is 10.5 Å². The van der Waals surface area contributed by atoms with E-state index in [1.807, 2.05) is 43.3 Å². The third-order valence-corrected chi connectivity index (χ3v) is 2.63. The minimum Gasteiger partial charge on any atom is -0.477 e. The van der Waals surface area contributed by atoms with Crippen LogP contribution < -0.4 is 10.2 Å². The van der Waals surface area contributed by atoms with Crippen LogP contribution in [-0.4, -0.2) is 30.2 Å². The molecule has 98 valence electrons. The number of aromatic carboxylic acids is 1. The fraction of sp³-hybridized carbons (Fsp3) is 0.143. The van der Waals surface area contributed by atoms with Crippen LogP contribution in [0.3, 0.4) is 0 Å². The molecular formula is C14H15N3O2. The SMILES string of the molecule is CN(C)c1cccc(Nc2ccc(C(=O)O)nc2)c1. The zero-order valence-corrected chi connectivity index (χ0v) is 10.8. The Labute approximate surface area is 111 Å². The number of pyridine rings is 1. The topological polar surface area (TPSA) is 65.5 Å². The lowest BCUT2D eigenvalue weighted by Gasteiger charge is -2.14. The highest BCUT2D eigenvalue weighted by Crippen LogP contribution is 2.21. The van der Waals surface area contributed by atoms with Crippen molar-refractivity contribution in [2.45, 2.75) is 0 Å². The van der Waals surface area contributed by atoms with Crippen LogP contribution in [-0.2, 0) is 0 Å². The fourth-order valence-corrected chi connectivity index (χ4v) is 1.62. The van der Waals surface area contributed by atoms with Crippen LogP contribution in [0.5, 0.6) is 0 Å². The average molecular weight is 257 g/mol. The number of hydrogen-bond donors (Lipinski definition) is 2. The number of rotatable bonds is 4. The predicted molar refractivity (Wildman–Crippen MR) is 75.2 cm³/mol. The maximum absolute atomic E-state index is 10.7. The molecule has 0 radical (unpaired) electrons. The quantitative estimate of drug-likeness (QED) is 0.881. The van der Waals surface area contributed by atoms with E-state index in [0.29, 0.717) is 0 Å². The first-order valence-electron chi connectivity index (χ1n) is 5.80. The summed E-state index contributed by atoms with van der Waals surface area (Å²) in [6.07, 6.45) is 1.51. The van der Waals surface area contributed by atoms with E-state index in [0.717, 1.165) is 17.1 Å². The number of carboxylic acids is 1. The second-order valence-electron chi connectivity index (χ2n) is 4.31. The lowest BCUT2D eigenvalue weighted by molar-refractivity contribution is 0.0690. The summed E-state index contributed by atoms with van der Waals surface area (Å²) in [5, 5.41) is 12.0. The summed E-state index contributed by atoms with van der Waals surface area (Å²) < 4.78 is 0. The van der Waals surface area contributed by atoms with Gasteiger partial charge in [-0.1, -0.05) is 6.07 Å². The first-order chi connectivity index (χ1) is 9.06. The molecular weight excluding hydrogens is 242 g/mol. The van der Waals surface area contributed by atoms with E-state index in [1.165, 1.54) is 12.3 Å². The molecule has 0 atom stereocenters. The van der Waals surface area contributed by atoms with Crippen molar-refractivity contribution in [3.05, 3.63) is 48.3 Å². The summed E-state index contributed by atoms with van der Waals surface area (Å²) in [7, 11) is 3.95. The third-order valence-electron chi connectivity index (χ3n) is 2.63. The monoisotopic (exact) mass is 257 g/mol. The Kier molecular flexibility index (Phi) is 3.66. The number of aromatic nitrogens is 1. The minimum absolute atomic E-state index is 0.0348. The predicted octanol–water partition coefficient (Wildman–Crippen LogP) is 2.59. The molecule has 0 bridgehead atoms. The highest BCUT2D eigenvalue weighted by molar-refractivity contribution is 5.85. The Hall–Kier alpha value is -2.56. The Balaban J connectivity index is 2.16. The molecule has 0 spiro atoms. The maximum atomic E-state index is 10.7. The molecule has 1 heterocycles. The molecule has 2 aromatic rings. The molecule has 1 aromatic heterocycles. The van der Waals surface area contributed by atoms with Crippen LogP contribution in [0.25, 0.3) is 0 Å². The number of nitrogens with one attached hydrogen (secondary N) is 1. The van der Waals surface area contributed by atoms with Gasteiger partial charge < -0.3 is 15.3 Å². The normalized spacial score (nSPS) is 10.0. The van der Waals surface area contributed by atoms with Crippen LogP contribution in [0.4, 0.5) is 17.1 Å². The van der Waals surface area contributed by atoms with E-state index < -0.39 is 5.97 Å². The molecule has 2 N–H and O–H groups in total.